The van der Waals surface area contributed by atoms with Crippen LogP contribution in [0.5, 0.6) is 5.75 Å². The summed E-state index contributed by atoms with van der Waals surface area (Å²) in [6, 6.07) is 12.4. The van der Waals surface area contributed by atoms with Gasteiger partial charge >= 0.3 is 0 Å². The molecule has 0 saturated carbocycles. The first-order chi connectivity index (χ1) is 12.0. The number of aromatic nitrogens is 1. The zero-order chi connectivity index (χ0) is 17.8. The molecule has 3 aromatic rings. The van der Waals surface area contributed by atoms with Crippen molar-refractivity contribution in [3.8, 4) is 17.1 Å². The van der Waals surface area contributed by atoms with Crippen molar-refractivity contribution in [2.24, 2.45) is 0 Å². The summed E-state index contributed by atoms with van der Waals surface area (Å²) in [6.07, 6.45) is 1.68. The third-order valence-electron chi connectivity index (χ3n) is 3.74. The fourth-order valence-electron chi connectivity index (χ4n) is 2.57. The van der Waals surface area contributed by atoms with Gasteiger partial charge in [-0.1, -0.05) is 29.8 Å². The Morgan fingerprint density at radius 2 is 2.04 bits per heavy atom. The number of methoxy groups -OCH3 is 1. The molecule has 130 valence electrons. The van der Waals surface area contributed by atoms with E-state index in [1.807, 2.05) is 42.3 Å². The topological polar surface area (TPSA) is 38.5 Å². The fourth-order valence-corrected chi connectivity index (χ4v) is 2.76. The van der Waals surface area contributed by atoms with Crippen LogP contribution in [0.15, 0.2) is 53.1 Å². The molecule has 0 fully saturated rings. The lowest BCUT2D eigenvalue weighted by Gasteiger charge is -2.15. The van der Waals surface area contributed by atoms with Gasteiger partial charge in [-0.3, -0.25) is 4.90 Å². The van der Waals surface area contributed by atoms with E-state index in [1.54, 1.807) is 12.3 Å². The van der Waals surface area contributed by atoms with Gasteiger partial charge in [-0.25, -0.2) is 9.37 Å². The molecule has 0 saturated heterocycles. The molecule has 25 heavy (non-hydrogen) atoms. The van der Waals surface area contributed by atoms with Crippen LogP contribution in [-0.2, 0) is 13.1 Å². The van der Waals surface area contributed by atoms with Crippen LogP contribution in [0.4, 0.5) is 4.39 Å². The van der Waals surface area contributed by atoms with E-state index in [0.29, 0.717) is 29.8 Å². The summed E-state index contributed by atoms with van der Waals surface area (Å²) >= 11 is 6.00. The number of hydrogen-bond acceptors (Lipinski definition) is 4. The van der Waals surface area contributed by atoms with Crippen LogP contribution >= 0.6 is 11.6 Å². The van der Waals surface area contributed by atoms with Crippen molar-refractivity contribution in [3.63, 3.8) is 0 Å². The largest absolute Gasteiger partial charge is 0.494 e. The minimum absolute atomic E-state index is 0.241. The first-order valence-electron chi connectivity index (χ1n) is 7.77. The highest BCUT2D eigenvalue weighted by Crippen LogP contribution is 2.24. The van der Waals surface area contributed by atoms with Gasteiger partial charge in [0.2, 0.25) is 5.89 Å². The Balaban J connectivity index is 1.65. The smallest absolute Gasteiger partial charge is 0.209 e. The van der Waals surface area contributed by atoms with E-state index in [2.05, 4.69) is 4.98 Å². The molecule has 4 nitrogen and oxygen atoms in total. The van der Waals surface area contributed by atoms with Crippen molar-refractivity contribution in [2.45, 2.75) is 13.1 Å². The number of halogens is 2. The van der Waals surface area contributed by atoms with E-state index in [1.165, 1.54) is 13.2 Å². The van der Waals surface area contributed by atoms with Crippen molar-refractivity contribution >= 4 is 11.6 Å². The van der Waals surface area contributed by atoms with Gasteiger partial charge in [0.05, 0.1) is 19.9 Å². The van der Waals surface area contributed by atoms with Gasteiger partial charge in [0, 0.05) is 17.1 Å². The Morgan fingerprint density at radius 1 is 1.20 bits per heavy atom. The highest BCUT2D eigenvalue weighted by atomic mass is 35.5. The second-order valence-corrected chi connectivity index (χ2v) is 6.21. The molecule has 6 heteroatoms. The maximum atomic E-state index is 13.8. The Morgan fingerprint density at radius 3 is 2.76 bits per heavy atom. The summed E-state index contributed by atoms with van der Waals surface area (Å²) in [7, 11) is 3.37. The van der Waals surface area contributed by atoms with Gasteiger partial charge in [-0.15, -0.1) is 0 Å². The van der Waals surface area contributed by atoms with E-state index in [9.17, 15) is 4.39 Å². The lowest BCUT2D eigenvalue weighted by molar-refractivity contribution is 0.282. The highest BCUT2D eigenvalue weighted by Gasteiger charge is 2.11. The molecular formula is C19H18ClFN2O2. The summed E-state index contributed by atoms with van der Waals surface area (Å²) in [5.41, 5.74) is 1.73. The van der Waals surface area contributed by atoms with Crippen molar-refractivity contribution in [3.05, 3.63) is 71.0 Å². The molecule has 2 aromatic carbocycles. The quantitative estimate of drug-likeness (QED) is 0.634. The normalized spacial score (nSPS) is 11.1. The maximum Gasteiger partial charge on any atom is 0.209 e. The summed E-state index contributed by atoms with van der Waals surface area (Å²) < 4.78 is 24.5. The molecule has 0 aliphatic carbocycles. The van der Waals surface area contributed by atoms with E-state index < -0.39 is 0 Å². The number of benzene rings is 2. The minimum atomic E-state index is -0.368. The lowest BCUT2D eigenvalue weighted by Crippen LogP contribution is -2.17. The van der Waals surface area contributed by atoms with Crippen LogP contribution in [-0.4, -0.2) is 24.0 Å². The molecular weight excluding hydrogens is 343 g/mol. The molecule has 1 heterocycles. The van der Waals surface area contributed by atoms with E-state index in [-0.39, 0.29) is 11.6 Å². The fraction of sp³-hybridized carbons (Fsp3) is 0.211. The molecule has 0 aliphatic rings. The standard InChI is InChI=1S/C19H18ClFN2O2/c1-23(11-13-6-7-17(24-2)16(21)8-13)12-19-22-10-18(25-19)14-4-3-5-15(20)9-14/h3-10H,11-12H2,1-2H3. The Hall–Kier alpha value is -2.37. The van der Waals surface area contributed by atoms with Crippen LogP contribution < -0.4 is 4.74 Å². The van der Waals surface area contributed by atoms with Gasteiger partial charge in [-0.05, 0) is 36.9 Å². The summed E-state index contributed by atoms with van der Waals surface area (Å²) in [5, 5.41) is 0.647. The van der Waals surface area contributed by atoms with Crippen molar-refractivity contribution in [1.29, 1.82) is 0 Å². The number of rotatable bonds is 6. The predicted molar refractivity (Wildman–Crippen MR) is 95.1 cm³/mol. The summed E-state index contributed by atoms with van der Waals surface area (Å²) in [5.74, 6) is 1.13. The number of nitrogens with zero attached hydrogens (tertiary/aromatic N) is 2. The van der Waals surface area contributed by atoms with Crippen LogP contribution in [0.25, 0.3) is 11.3 Å². The van der Waals surface area contributed by atoms with Gasteiger partial charge in [0.25, 0.3) is 0 Å². The zero-order valence-corrected chi connectivity index (χ0v) is 14.8. The van der Waals surface area contributed by atoms with Gasteiger partial charge in [0.1, 0.15) is 0 Å². The average Bonchev–Trinajstić information content (AvgIpc) is 3.03. The van der Waals surface area contributed by atoms with E-state index >= 15 is 0 Å². The number of oxazole rings is 1. The van der Waals surface area contributed by atoms with Gasteiger partial charge < -0.3 is 9.15 Å². The van der Waals surface area contributed by atoms with Crippen LogP contribution in [0, 0.1) is 5.82 Å². The van der Waals surface area contributed by atoms with Crippen LogP contribution in [0.2, 0.25) is 5.02 Å². The van der Waals surface area contributed by atoms with Crippen molar-refractivity contribution < 1.29 is 13.5 Å². The molecule has 0 N–H and O–H groups in total. The first kappa shape index (κ1) is 17.5. The summed E-state index contributed by atoms with van der Waals surface area (Å²) in [6.45, 7) is 1.07. The molecule has 1 aromatic heterocycles. The molecule has 0 spiro atoms. The van der Waals surface area contributed by atoms with Crippen molar-refractivity contribution in [1.82, 2.24) is 9.88 Å². The van der Waals surface area contributed by atoms with Crippen LogP contribution in [0.3, 0.4) is 0 Å². The number of hydrogen-bond donors (Lipinski definition) is 0. The van der Waals surface area contributed by atoms with Crippen LogP contribution in [0.1, 0.15) is 11.5 Å². The van der Waals surface area contributed by atoms with E-state index in [4.69, 9.17) is 20.8 Å². The molecule has 0 atom stereocenters. The molecule has 0 radical (unpaired) electrons. The second kappa shape index (κ2) is 7.68. The number of ether oxygens (including phenoxy) is 1. The lowest BCUT2D eigenvalue weighted by atomic mass is 10.2. The second-order valence-electron chi connectivity index (χ2n) is 5.77. The molecule has 3 rings (SSSR count). The highest BCUT2D eigenvalue weighted by molar-refractivity contribution is 6.30. The van der Waals surface area contributed by atoms with Crippen molar-refractivity contribution in [2.75, 3.05) is 14.2 Å². The molecule has 0 unspecified atom stereocenters. The maximum absolute atomic E-state index is 13.8. The Kier molecular flexibility index (Phi) is 5.36. The molecule has 0 amide bonds. The first-order valence-corrected chi connectivity index (χ1v) is 8.14. The van der Waals surface area contributed by atoms with Gasteiger partial charge in [0.15, 0.2) is 17.3 Å². The summed E-state index contributed by atoms with van der Waals surface area (Å²) in [4.78, 5) is 6.30. The third-order valence-corrected chi connectivity index (χ3v) is 3.97. The van der Waals surface area contributed by atoms with Gasteiger partial charge in [-0.2, -0.15) is 0 Å². The predicted octanol–water partition coefficient (Wildman–Crippen LogP) is 4.77. The SMILES string of the molecule is COc1ccc(CN(C)Cc2ncc(-c3cccc(Cl)c3)o2)cc1F. The Labute approximate surface area is 150 Å². The third kappa shape index (κ3) is 4.38. The Bertz CT molecular complexity index is 866. The van der Waals surface area contributed by atoms with E-state index in [0.717, 1.165) is 11.1 Å². The zero-order valence-electron chi connectivity index (χ0n) is 14.0. The molecule has 0 bridgehead atoms. The minimum Gasteiger partial charge on any atom is -0.494 e. The molecule has 0 aliphatic heterocycles. The average molecular weight is 361 g/mol. The monoisotopic (exact) mass is 360 g/mol.